The molecule has 0 aromatic heterocycles. The van der Waals surface area contributed by atoms with Gasteiger partial charge in [0.25, 0.3) is 0 Å². The molecule has 0 aliphatic rings. The van der Waals surface area contributed by atoms with Gasteiger partial charge in [-0.25, -0.2) is 25.3 Å². The number of hydrogen-bond donors (Lipinski definition) is 5. The maximum Gasteiger partial charge on any atom is 0.178 e. The monoisotopic (exact) mass is 1210 g/mol. The Labute approximate surface area is 453 Å². The van der Waals surface area contributed by atoms with E-state index >= 15 is 0 Å². The summed E-state index contributed by atoms with van der Waals surface area (Å²) in [6.45, 7) is 17.4. The first-order valence-electron chi connectivity index (χ1n) is 23.5. The fourth-order valence-electron chi connectivity index (χ4n) is 5.98. The zero-order chi connectivity index (χ0) is 53.8. The highest BCUT2D eigenvalue weighted by Crippen LogP contribution is 2.22. The second kappa shape index (κ2) is 36.0. The number of benzene rings is 5. The number of rotatable bonds is 20. The summed E-state index contributed by atoms with van der Waals surface area (Å²) < 4.78 is 82.1. The van der Waals surface area contributed by atoms with Crippen molar-refractivity contribution in [1.82, 2.24) is 0 Å². The quantitative estimate of drug-likeness (QED) is 0.0489. The topological polar surface area (TPSA) is 234 Å². The molecule has 5 aromatic rings. The molecule has 0 amide bonds. The summed E-state index contributed by atoms with van der Waals surface area (Å²) in [5, 5.41) is 26.5. The first kappa shape index (κ1) is 68.9. The van der Waals surface area contributed by atoms with Crippen molar-refractivity contribution in [2.75, 3.05) is 63.5 Å². The van der Waals surface area contributed by atoms with E-state index in [1.54, 1.807) is 81.4 Å². The molecule has 0 heterocycles. The molecule has 5 atom stereocenters. The summed E-state index contributed by atoms with van der Waals surface area (Å²) in [5.41, 5.74) is 16.5. The summed E-state index contributed by atoms with van der Waals surface area (Å²) in [6, 6.07) is 35.6. The molecule has 72 heavy (non-hydrogen) atoms. The second-order valence-electron chi connectivity index (χ2n) is 16.3. The van der Waals surface area contributed by atoms with Crippen LogP contribution in [-0.4, -0.2) is 104 Å². The van der Waals surface area contributed by atoms with E-state index in [0.29, 0.717) is 41.1 Å². The van der Waals surface area contributed by atoms with E-state index in [1.807, 2.05) is 88.4 Å². The lowest BCUT2D eigenvalue weighted by atomic mass is 10.0. The summed E-state index contributed by atoms with van der Waals surface area (Å²) in [5.74, 6) is 0.930. The van der Waals surface area contributed by atoms with Crippen LogP contribution in [0.25, 0.3) is 0 Å². The average Bonchev–Trinajstić information content (AvgIpc) is 3.40. The molecule has 0 spiro atoms. The van der Waals surface area contributed by atoms with Crippen LogP contribution >= 0.6 is 44.3 Å². The van der Waals surface area contributed by atoms with Crippen LogP contribution < -0.4 is 11.5 Å². The van der Waals surface area contributed by atoms with Crippen LogP contribution in [0.4, 0.5) is 0 Å². The van der Waals surface area contributed by atoms with Gasteiger partial charge >= 0.3 is 0 Å². The van der Waals surface area contributed by atoms with Gasteiger partial charge in [0.2, 0.25) is 0 Å². The molecule has 0 unspecified atom stereocenters. The van der Waals surface area contributed by atoms with Gasteiger partial charge in [0.1, 0.15) is 0 Å². The number of nitrogens with two attached hydrogens (primary N) is 2. The van der Waals surface area contributed by atoms with Gasteiger partial charge in [0.05, 0.1) is 63.8 Å². The zero-order valence-electron chi connectivity index (χ0n) is 42.7. The lowest BCUT2D eigenvalue weighted by Gasteiger charge is -2.12. The lowest BCUT2D eigenvalue weighted by molar-refractivity contribution is 0.133. The molecule has 13 nitrogen and oxygen atoms in total. The molecule has 5 aromatic carbocycles. The normalized spacial score (nSPS) is 13.3. The molecule has 0 aliphatic heterocycles. The van der Waals surface area contributed by atoms with Crippen LogP contribution in [0.3, 0.4) is 0 Å². The Bertz CT molecular complexity index is 2420. The van der Waals surface area contributed by atoms with Gasteiger partial charge in [-0.1, -0.05) is 134 Å². The van der Waals surface area contributed by atoms with Crippen molar-refractivity contribution in [1.29, 1.82) is 0 Å². The zero-order valence-corrected chi connectivity index (χ0v) is 49.1. The molecular formula is C53H77Br2ClN2O11S3. The first-order valence-corrected chi connectivity index (χ1v) is 30.0. The highest BCUT2D eigenvalue weighted by atomic mass is 79.9. The van der Waals surface area contributed by atoms with Crippen LogP contribution in [0.15, 0.2) is 145 Å². The third-order valence-electron chi connectivity index (χ3n) is 11.0. The molecule has 0 radical (unpaired) electrons. The number of aliphatic hydroxyl groups is 3. The minimum Gasteiger partial charge on any atom is -0.396 e. The maximum absolute atomic E-state index is 11.6. The number of halogens is 3. The molecule has 0 aliphatic carbocycles. The first-order chi connectivity index (χ1) is 33.5. The van der Waals surface area contributed by atoms with Crippen molar-refractivity contribution >= 4 is 73.8 Å². The van der Waals surface area contributed by atoms with Crippen molar-refractivity contribution in [2.24, 2.45) is 11.5 Å². The Morgan fingerprint density at radius 1 is 0.417 bits per heavy atom. The van der Waals surface area contributed by atoms with E-state index in [2.05, 4.69) is 38.8 Å². The van der Waals surface area contributed by atoms with Crippen LogP contribution in [0, 0.1) is 0 Å². The Morgan fingerprint density at radius 2 is 0.681 bits per heavy atom. The predicted molar refractivity (Wildman–Crippen MR) is 301 cm³/mol. The third-order valence-corrected chi connectivity index (χ3v) is 17.3. The minimum absolute atomic E-state index is 0. The van der Waals surface area contributed by atoms with E-state index in [9.17, 15) is 25.3 Å². The maximum atomic E-state index is 11.6. The van der Waals surface area contributed by atoms with Crippen LogP contribution in [0.2, 0.25) is 0 Å². The molecule has 0 bridgehead atoms. The van der Waals surface area contributed by atoms with Gasteiger partial charge in [0, 0.05) is 53.1 Å². The van der Waals surface area contributed by atoms with E-state index in [1.165, 1.54) is 5.56 Å². The van der Waals surface area contributed by atoms with Gasteiger partial charge in [0.15, 0.2) is 29.5 Å². The smallest absolute Gasteiger partial charge is 0.178 e. The predicted octanol–water partition coefficient (Wildman–Crippen LogP) is 10.1. The highest BCUT2D eigenvalue weighted by Gasteiger charge is 2.15. The molecule has 0 fully saturated rings. The largest absolute Gasteiger partial charge is 0.396 e. The fraction of sp³-hybridized carbons (Fsp3) is 0.434. The lowest BCUT2D eigenvalue weighted by Crippen LogP contribution is -2.17. The molecular weight excluding hydrogens is 1130 g/mol. The molecule has 7 N–H and O–H groups in total. The molecule has 0 saturated heterocycles. The van der Waals surface area contributed by atoms with E-state index < -0.39 is 29.5 Å². The van der Waals surface area contributed by atoms with Crippen molar-refractivity contribution in [3.8, 4) is 0 Å². The number of sulfone groups is 3. The Hall–Kier alpha value is -3.08. The van der Waals surface area contributed by atoms with Crippen LogP contribution in [0.5, 0.6) is 0 Å². The summed E-state index contributed by atoms with van der Waals surface area (Å²) in [6.07, 6.45) is 0. The molecule has 404 valence electrons. The van der Waals surface area contributed by atoms with E-state index in [4.69, 9.17) is 36.3 Å². The SMILES string of the molecule is CCOC[C@H](C)c1ccc(S(=O)(=O)CC)cc1.CCOC[C@H](N)c1ccc(S(=O)(=O)CC)cc1.CCS(=O)(=O)c1ccc([C@@H](C)CO)cc1.C[C@@H](CO)c1ccc(Br)cc1.Cl.N[C@@H](CO)c1ccc(Br)cc1. The second-order valence-corrected chi connectivity index (χ2v) is 25.0. The number of ether oxygens (including phenoxy) is 2. The Morgan fingerprint density at radius 3 is 0.972 bits per heavy atom. The van der Waals surface area contributed by atoms with Crippen molar-refractivity contribution < 1.29 is 50.0 Å². The summed E-state index contributed by atoms with van der Waals surface area (Å²) in [4.78, 5) is 1.08. The van der Waals surface area contributed by atoms with Gasteiger partial charge in [-0.15, -0.1) is 12.4 Å². The van der Waals surface area contributed by atoms with Crippen molar-refractivity contribution in [2.45, 2.75) is 99.9 Å². The average molecular weight is 1210 g/mol. The Kier molecular flexibility index (Phi) is 34.5. The summed E-state index contributed by atoms with van der Waals surface area (Å²) >= 11 is 6.67. The van der Waals surface area contributed by atoms with Crippen LogP contribution in [-0.2, 0) is 39.0 Å². The van der Waals surface area contributed by atoms with Crippen LogP contribution in [0.1, 0.15) is 113 Å². The molecule has 5 rings (SSSR count). The van der Waals surface area contributed by atoms with Crippen molar-refractivity contribution in [3.63, 3.8) is 0 Å². The fourth-order valence-corrected chi connectivity index (χ4v) is 9.16. The van der Waals surface area contributed by atoms with Crippen molar-refractivity contribution in [3.05, 3.63) is 158 Å². The standard InChI is InChI=1S/C13H20O3S.C12H19NO3S.C11H16O3S.C9H11BrO.C8H10BrNO.ClH/c1-4-16-10-11(3)12-6-8-13(9-7-12)17(14,15)5-2;1-3-16-9-12(13)10-5-7-11(8-6-10)17(14,15)4-2;1-3-15(13,14)11-6-4-10(5-7-11)9(2)8-12;1-7(6-11)8-2-4-9(10)5-3-8;9-7-3-1-6(2-4-7)8(10)5-11;/h6-9,11H,4-5,10H2,1-3H3;5-8,12H,3-4,9,13H2,1-2H3;4-7,9,12H,3,8H2,1-2H3;2-5,7,11H,6H2,1H3;1-4,8,11H,5,10H2;1H/t11-;12-;9-;7-;8-;/m00000./s1. The van der Waals surface area contributed by atoms with E-state index in [0.717, 1.165) is 31.2 Å². The minimum atomic E-state index is -3.13. The summed E-state index contributed by atoms with van der Waals surface area (Å²) in [7, 11) is -9.33. The number of aliphatic hydroxyl groups excluding tert-OH is 3. The Balaban J connectivity index is 0.000000882. The molecule has 19 heteroatoms. The van der Waals surface area contributed by atoms with E-state index in [-0.39, 0.29) is 79.3 Å². The highest BCUT2D eigenvalue weighted by molar-refractivity contribution is 9.10. The van der Waals surface area contributed by atoms with Gasteiger partial charge in [-0.2, -0.15) is 0 Å². The van der Waals surface area contributed by atoms with Gasteiger partial charge < -0.3 is 36.3 Å². The number of hydrogen-bond acceptors (Lipinski definition) is 13. The van der Waals surface area contributed by atoms with Gasteiger partial charge in [-0.3, -0.25) is 0 Å². The van der Waals surface area contributed by atoms with Gasteiger partial charge in [-0.05, 0) is 102 Å². The molecule has 0 saturated carbocycles. The third kappa shape index (κ3) is 25.0.